The Balaban J connectivity index is 1.54. The Bertz CT molecular complexity index is 1030. The van der Waals surface area contributed by atoms with Crippen molar-refractivity contribution in [2.45, 2.75) is 35.6 Å². The Morgan fingerprint density at radius 3 is 2.70 bits per heavy atom. The van der Waals surface area contributed by atoms with Crippen LogP contribution in [0.15, 0.2) is 50.8 Å². The Hall–Kier alpha value is -2.30. The van der Waals surface area contributed by atoms with Gasteiger partial charge in [0, 0.05) is 18.0 Å². The molecule has 2 amide bonds. The zero-order chi connectivity index (χ0) is 21.1. The largest absolute Gasteiger partial charge is 0.467 e. The predicted molar refractivity (Wildman–Crippen MR) is 113 cm³/mol. The molecular formula is C20H23N3O5S2. The molecule has 2 aliphatic rings. The number of amides is 2. The molecule has 0 radical (unpaired) electrons. The Kier molecular flexibility index (Phi) is 6.16. The van der Waals surface area contributed by atoms with Crippen molar-refractivity contribution in [2.24, 2.45) is 0 Å². The minimum absolute atomic E-state index is 0.152. The number of piperidine rings is 1. The van der Waals surface area contributed by atoms with Gasteiger partial charge in [0.15, 0.2) is 0 Å². The molecule has 1 aromatic carbocycles. The molecule has 1 aromatic heterocycles. The van der Waals surface area contributed by atoms with Crippen LogP contribution in [0, 0.1) is 0 Å². The van der Waals surface area contributed by atoms with Crippen molar-refractivity contribution in [1.82, 2.24) is 9.62 Å². The van der Waals surface area contributed by atoms with Gasteiger partial charge in [0.05, 0.1) is 29.1 Å². The lowest BCUT2D eigenvalue weighted by Crippen LogP contribution is -2.43. The molecule has 0 bridgehead atoms. The van der Waals surface area contributed by atoms with Crippen LogP contribution in [0.4, 0.5) is 5.69 Å². The van der Waals surface area contributed by atoms with Crippen LogP contribution in [0.1, 0.15) is 25.0 Å². The van der Waals surface area contributed by atoms with Gasteiger partial charge < -0.3 is 14.6 Å². The SMILES string of the molecule is O=C(CN1C(=O)CSc2ccc(S(=O)(=O)N3CCCCC3)cc21)NCc1ccco1. The lowest BCUT2D eigenvalue weighted by molar-refractivity contribution is -0.123. The van der Waals surface area contributed by atoms with E-state index in [0.717, 1.165) is 24.2 Å². The van der Waals surface area contributed by atoms with Crippen LogP contribution < -0.4 is 10.2 Å². The van der Waals surface area contributed by atoms with Crippen LogP contribution in [-0.4, -0.2) is 49.9 Å². The molecule has 1 N–H and O–H groups in total. The molecule has 30 heavy (non-hydrogen) atoms. The number of benzene rings is 1. The molecule has 4 rings (SSSR count). The third-order valence-electron chi connectivity index (χ3n) is 5.17. The van der Waals surface area contributed by atoms with E-state index in [9.17, 15) is 18.0 Å². The highest BCUT2D eigenvalue weighted by molar-refractivity contribution is 8.00. The number of thioether (sulfide) groups is 1. The van der Waals surface area contributed by atoms with Crippen molar-refractivity contribution in [3.8, 4) is 0 Å². The van der Waals surface area contributed by atoms with Crippen LogP contribution in [0.25, 0.3) is 0 Å². The van der Waals surface area contributed by atoms with Gasteiger partial charge in [-0.15, -0.1) is 11.8 Å². The number of anilines is 1. The summed E-state index contributed by atoms with van der Waals surface area (Å²) in [5.74, 6) is 0.241. The Labute approximate surface area is 179 Å². The predicted octanol–water partition coefficient (Wildman–Crippen LogP) is 2.21. The van der Waals surface area contributed by atoms with E-state index in [2.05, 4.69) is 5.32 Å². The second-order valence-electron chi connectivity index (χ2n) is 7.22. The fourth-order valence-corrected chi connectivity index (χ4v) is 6.02. The molecule has 3 heterocycles. The summed E-state index contributed by atoms with van der Waals surface area (Å²) in [5, 5.41) is 2.72. The Morgan fingerprint density at radius 2 is 1.97 bits per heavy atom. The second kappa shape index (κ2) is 8.83. The first-order chi connectivity index (χ1) is 14.4. The van der Waals surface area contributed by atoms with Crippen molar-refractivity contribution in [3.05, 3.63) is 42.4 Å². The van der Waals surface area contributed by atoms with Gasteiger partial charge in [0.25, 0.3) is 0 Å². The number of nitrogens with zero attached hydrogens (tertiary/aromatic N) is 2. The molecule has 0 unspecified atom stereocenters. The lowest BCUT2D eigenvalue weighted by Gasteiger charge is -2.30. The summed E-state index contributed by atoms with van der Waals surface area (Å²) in [4.78, 5) is 27.2. The summed E-state index contributed by atoms with van der Waals surface area (Å²) < 4.78 is 32.8. The molecule has 2 aliphatic heterocycles. The second-order valence-corrected chi connectivity index (χ2v) is 10.2. The normalized spacial score (nSPS) is 17.6. The van der Waals surface area contributed by atoms with Crippen LogP contribution >= 0.6 is 11.8 Å². The maximum Gasteiger partial charge on any atom is 0.243 e. The fraction of sp³-hybridized carbons (Fsp3) is 0.400. The number of sulfonamides is 1. The van der Waals surface area contributed by atoms with Gasteiger partial charge >= 0.3 is 0 Å². The Morgan fingerprint density at radius 1 is 1.17 bits per heavy atom. The van der Waals surface area contributed by atoms with Crippen molar-refractivity contribution in [3.63, 3.8) is 0 Å². The number of rotatable bonds is 6. The van der Waals surface area contributed by atoms with Gasteiger partial charge in [-0.25, -0.2) is 8.42 Å². The summed E-state index contributed by atoms with van der Waals surface area (Å²) in [7, 11) is -3.63. The van der Waals surface area contributed by atoms with E-state index in [1.54, 1.807) is 24.3 Å². The van der Waals surface area contributed by atoms with E-state index in [1.807, 2.05) is 0 Å². The van der Waals surface area contributed by atoms with Gasteiger partial charge in [0.2, 0.25) is 21.8 Å². The minimum atomic E-state index is -3.63. The number of hydrogen-bond donors (Lipinski definition) is 1. The van der Waals surface area contributed by atoms with E-state index < -0.39 is 10.0 Å². The monoisotopic (exact) mass is 449 g/mol. The molecule has 160 valence electrons. The molecule has 10 heteroatoms. The van der Waals surface area contributed by atoms with Crippen LogP contribution in [0.5, 0.6) is 0 Å². The van der Waals surface area contributed by atoms with E-state index in [-0.39, 0.29) is 35.6 Å². The minimum Gasteiger partial charge on any atom is -0.467 e. The van der Waals surface area contributed by atoms with Gasteiger partial charge in [-0.2, -0.15) is 4.31 Å². The molecule has 0 aliphatic carbocycles. The first-order valence-corrected chi connectivity index (χ1v) is 12.2. The number of carbonyl (C=O) groups is 2. The number of hydrogen-bond acceptors (Lipinski definition) is 6. The summed E-state index contributed by atoms with van der Waals surface area (Å²) >= 11 is 1.35. The molecule has 1 fully saturated rings. The maximum atomic E-state index is 13.0. The van der Waals surface area contributed by atoms with Gasteiger partial charge in [-0.05, 0) is 43.2 Å². The van der Waals surface area contributed by atoms with Gasteiger partial charge in [-0.1, -0.05) is 6.42 Å². The molecular weight excluding hydrogens is 426 g/mol. The molecule has 0 saturated carbocycles. The molecule has 1 saturated heterocycles. The average molecular weight is 450 g/mol. The number of furan rings is 1. The standard InChI is InChI=1S/C20H23N3O5S2/c24-19(21-12-15-5-4-10-28-15)13-23-17-11-16(6-7-18(17)29-14-20(23)25)30(26,27)22-8-2-1-3-9-22/h4-7,10-11H,1-3,8-9,12-14H2,(H,21,24). The van der Waals surface area contributed by atoms with E-state index in [1.165, 1.54) is 33.3 Å². The maximum absolute atomic E-state index is 13.0. The summed E-state index contributed by atoms with van der Waals surface area (Å²) in [5.41, 5.74) is 0.461. The van der Waals surface area contributed by atoms with E-state index in [4.69, 9.17) is 4.42 Å². The van der Waals surface area contributed by atoms with Crippen LogP contribution in [0.2, 0.25) is 0 Å². The third-order valence-corrected chi connectivity index (χ3v) is 8.11. The molecule has 0 atom stereocenters. The van der Waals surface area contributed by atoms with Gasteiger partial charge in [0.1, 0.15) is 12.3 Å². The quantitative estimate of drug-likeness (QED) is 0.726. The third kappa shape index (κ3) is 4.40. The van der Waals surface area contributed by atoms with Crippen LogP contribution in [-0.2, 0) is 26.2 Å². The van der Waals surface area contributed by atoms with Crippen molar-refractivity contribution >= 4 is 39.3 Å². The zero-order valence-electron chi connectivity index (χ0n) is 16.4. The highest BCUT2D eigenvalue weighted by Gasteiger charge is 2.31. The fourth-order valence-electron chi connectivity index (χ4n) is 3.57. The highest BCUT2D eigenvalue weighted by Crippen LogP contribution is 2.37. The van der Waals surface area contributed by atoms with Gasteiger partial charge in [-0.3, -0.25) is 9.59 Å². The summed E-state index contributed by atoms with van der Waals surface area (Å²) in [6, 6.07) is 8.30. The van der Waals surface area contributed by atoms with Crippen molar-refractivity contribution in [2.75, 3.05) is 30.3 Å². The lowest BCUT2D eigenvalue weighted by atomic mass is 10.2. The molecule has 8 nitrogen and oxygen atoms in total. The highest BCUT2D eigenvalue weighted by atomic mass is 32.2. The van der Waals surface area contributed by atoms with Crippen LogP contribution in [0.3, 0.4) is 0 Å². The van der Waals surface area contributed by atoms with Crippen molar-refractivity contribution < 1.29 is 22.4 Å². The van der Waals surface area contributed by atoms with Crippen molar-refractivity contribution in [1.29, 1.82) is 0 Å². The smallest absolute Gasteiger partial charge is 0.243 e. The average Bonchev–Trinajstić information content (AvgIpc) is 3.28. The first kappa shape index (κ1) is 21.0. The molecule has 2 aromatic rings. The van der Waals surface area contributed by atoms with E-state index in [0.29, 0.717) is 24.5 Å². The number of nitrogens with one attached hydrogen (secondary N) is 1. The molecule has 0 spiro atoms. The summed E-state index contributed by atoms with van der Waals surface area (Å²) in [6.45, 7) is 1.05. The first-order valence-electron chi connectivity index (χ1n) is 9.81. The topological polar surface area (TPSA) is 99.9 Å². The number of carbonyl (C=O) groups excluding carboxylic acids is 2. The van der Waals surface area contributed by atoms with E-state index >= 15 is 0 Å². The zero-order valence-corrected chi connectivity index (χ0v) is 18.0. The summed E-state index contributed by atoms with van der Waals surface area (Å²) in [6.07, 6.45) is 4.25. The number of fused-ring (bicyclic) bond motifs is 1.